The number of H-pyrrole nitrogens is 1. The number of carbonyl (C=O) groups is 3. The van der Waals surface area contributed by atoms with E-state index in [1.54, 1.807) is 0 Å². The molecule has 0 radical (unpaired) electrons. The Hall–Kier alpha value is -4.09. The van der Waals surface area contributed by atoms with Gasteiger partial charge in [0.15, 0.2) is 11.9 Å². The number of aromatic amines is 1. The van der Waals surface area contributed by atoms with Gasteiger partial charge >= 0.3 is 6.09 Å². The fourth-order valence-corrected chi connectivity index (χ4v) is 4.30. The van der Waals surface area contributed by atoms with E-state index in [2.05, 4.69) is 20.8 Å². The molecule has 12 nitrogen and oxygen atoms in total. The van der Waals surface area contributed by atoms with Gasteiger partial charge in [-0.2, -0.15) is 5.10 Å². The lowest BCUT2D eigenvalue weighted by atomic mass is 9.88. The number of carbonyl (C=O) groups excluding carboxylic acids is 3. The summed E-state index contributed by atoms with van der Waals surface area (Å²) in [4.78, 5) is 43.6. The van der Waals surface area contributed by atoms with Crippen LogP contribution < -0.4 is 20.1 Å². The number of unbranched alkanes of at least 4 members (excludes halogenated alkanes) is 1. The molecular formula is C28H40N6O6. The molecule has 12 heteroatoms. The molecule has 0 saturated carbocycles. The van der Waals surface area contributed by atoms with Gasteiger partial charge in [0.25, 0.3) is 5.91 Å². The highest BCUT2D eigenvalue weighted by molar-refractivity contribution is 6.42. The van der Waals surface area contributed by atoms with Gasteiger partial charge in [-0.3, -0.25) is 14.7 Å². The SMILES string of the molecule is CCCC[C@H](NC(=O)O[C@@H](c1nc2c(OCC)ccc(OCC)c2n1C)C(C)(C)C)C(=O)C(=O)Nc1ccn[nH]1. The van der Waals surface area contributed by atoms with E-state index < -0.39 is 35.3 Å². The summed E-state index contributed by atoms with van der Waals surface area (Å²) < 4.78 is 19.4. The van der Waals surface area contributed by atoms with Crippen molar-refractivity contribution >= 4 is 34.6 Å². The zero-order valence-corrected chi connectivity index (χ0v) is 24.3. The monoisotopic (exact) mass is 556 g/mol. The van der Waals surface area contributed by atoms with Gasteiger partial charge in [0.2, 0.25) is 5.78 Å². The molecule has 0 saturated heterocycles. The Bertz CT molecular complexity index is 1310. The number of aromatic nitrogens is 4. The summed E-state index contributed by atoms with van der Waals surface area (Å²) in [5, 5.41) is 11.4. The van der Waals surface area contributed by atoms with Crippen molar-refractivity contribution in [2.75, 3.05) is 18.5 Å². The van der Waals surface area contributed by atoms with Crippen molar-refractivity contribution in [3.05, 3.63) is 30.2 Å². The van der Waals surface area contributed by atoms with Gasteiger partial charge in [0.05, 0.1) is 19.4 Å². The Morgan fingerprint density at radius 1 is 1.05 bits per heavy atom. The van der Waals surface area contributed by atoms with E-state index in [1.165, 1.54) is 12.3 Å². The summed E-state index contributed by atoms with van der Waals surface area (Å²) in [6.45, 7) is 12.4. The average molecular weight is 557 g/mol. The van der Waals surface area contributed by atoms with Gasteiger partial charge in [-0.1, -0.05) is 40.5 Å². The van der Waals surface area contributed by atoms with Gasteiger partial charge in [0.1, 0.15) is 34.4 Å². The normalized spacial score (nSPS) is 13.0. The predicted octanol–water partition coefficient (Wildman–Crippen LogP) is 4.67. The molecule has 3 aromatic rings. The fourth-order valence-electron chi connectivity index (χ4n) is 4.30. The van der Waals surface area contributed by atoms with Gasteiger partial charge in [-0.25, -0.2) is 9.78 Å². The number of hydrogen-bond donors (Lipinski definition) is 3. The minimum Gasteiger partial charge on any atom is -0.492 e. The lowest BCUT2D eigenvalue weighted by Gasteiger charge is -2.30. The van der Waals surface area contributed by atoms with Crippen LogP contribution in [0.25, 0.3) is 11.0 Å². The third kappa shape index (κ3) is 7.10. The van der Waals surface area contributed by atoms with Crippen molar-refractivity contribution in [3.8, 4) is 11.5 Å². The van der Waals surface area contributed by atoms with E-state index in [0.29, 0.717) is 48.0 Å². The minimum atomic E-state index is -1.06. The minimum absolute atomic E-state index is 0.280. The number of hydrogen-bond acceptors (Lipinski definition) is 8. The van der Waals surface area contributed by atoms with Crippen molar-refractivity contribution in [3.63, 3.8) is 0 Å². The maximum absolute atomic E-state index is 13.2. The summed E-state index contributed by atoms with van der Waals surface area (Å²) in [7, 11) is 1.83. The van der Waals surface area contributed by atoms with Crippen LogP contribution in [0.15, 0.2) is 24.4 Å². The van der Waals surface area contributed by atoms with Crippen molar-refractivity contribution in [1.82, 2.24) is 25.1 Å². The number of Topliss-reactive ketones (excluding diaryl/α,β-unsaturated/α-hetero) is 1. The number of benzene rings is 1. The first-order chi connectivity index (χ1) is 19.0. The summed E-state index contributed by atoms with van der Waals surface area (Å²) in [5.74, 6) is 0.348. The third-order valence-corrected chi connectivity index (χ3v) is 6.26. The molecule has 2 amide bonds. The van der Waals surface area contributed by atoms with Gasteiger partial charge in [0, 0.05) is 18.5 Å². The Labute approximate surface area is 234 Å². The van der Waals surface area contributed by atoms with Crippen molar-refractivity contribution in [1.29, 1.82) is 0 Å². The first kappa shape index (κ1) is 30.5. The van der Waals surface area contributed by atoms with Crippen LogP contribution in [0.4, 0.5) is 10.6 Å². The zero-order chi connectivity index (χ0) is 29.4. The number of fused-ring (bicyclic) bond motifs is 1. The van der Waals surface area contributed by atoms with E-state index in [1.807, 2.05) is 65.3 Å². The molecule has 0 fully saturated rings. The Kier molecular flexibility index (Phi) is 10.1. The van der Waals surface area contributed by atoms with E-state index in [4.69, 9.17) is 19.2 Å². The lowest BCUT2D eigenvalue weighted by Crippen LogP contribution is -2.46. The third-order valence-electron chi connectivity index (χ3n) is 6.26. The van der Waals surface area contributed by atoms with Crippen LogP contribution in [0.2, 0.25) is 0 Å². The van der Waals surface area contributed by atoms with Crippen LogP contribution in [0.3, 0.4) is 0 Å². The van der Waals surface area contributed by atoms with Gasteiger partial charge in [-0.05, 0) is 32.4 Å². The van der Waals surface area contributed by atoms with Gasteiger partial charge in [-0.15, -0.1) is 0 Å². The smallest absolute Gasteiger partial charge is 0.408 e. The molecule has 0 unspecified atom stereocenters. The first-order valence-corrected chi connectivity index (χ1v) is 13.6. The second-order valence-electron chi connectivity index (χ2n) is 10.4. The van der Waals surface area contributed by atoms with Crippen LogP contribution in [-0.4, -0.2) is 56.8 Å². The van der Waals surface area contributed by atoms with E-state index in [9.17, 15) is 14.4 Å². The Morgan fingerprint density at radius 2 is 1.73 bits per heavy atom. The molecule has 2 heterocycles. The topological polar surface area (TPSA) is 149 Å². The molecule has 1 aromatic carbocycles. The summed E-state index contributed by atoms with van der Waals surface area (Å²) >= 11 is 0. The first-order valence-electron chi connectivity index (χ1n) is 13.6. The van der Waals surface area contributed by atoms with Crippen LogP contribution in [0.5, 0.6) is 11.5 Å². The van der Waals surface area contributed by atoms with Crippen LogP contribution >= 0.6 is 0 Å². The summed E-state index contributed by atoms with van der Waals surface area (Å²) in [5.41, 5.74) is 0.730. The number of rotatable bonds is 13. The molecule has 2 aromatic heterocycles. The van der Waals surface area contributed by atoms with E-state index in [-0.39, 0.29) is 12.2 Å². The second kappa shape index (κ2) is 13.3. The van der Waals surface area contributed by atoms with Crippen molar-refractivity contribution in [2.24, 2.45) is 12.5 Å². The predicted molar refractivity (Wildman–Crippen MR) is 150 cm³/mol. The molecule has 0 aliphatic heterocycles. The van der Waals surface area contributed by atoms with Crippen LogP contribution in [0.1, 0.15) is 72.7 Å². The van der Waals surface area contributed by atoms with Crippen LogP contribution in [-0.2, 0) is 21.4 Å². The molecule has 0 aliphatic rings. The van der Waals surface area contributed by atoms with Crippen LogP contribution in [0, 0.1) is 5.41 Å². The molecule has 3 N–H and O–H groups in total. The quantitative estimate of drug-likeness (QED) is 0.257. The van der Waals surface area contributed by atoms with Crippen molar-refractivity contribution < 1.29 is 28.6 Å². The fraction of sp³-hybridized carbons (Fsp3) is 0.536. The highest BCUT2D eigenvalue weighted by Crippen LogP contribution is 2.40. The number of ketones is 1. The molecule has 0 spiro atoms. The average Bonchev–Trinajstić information content (AvgIpc) is 3.53. The molecule has 40 heavy (non-hydrogen) atoms. The molecule has 3 rings (SSSR count). The zero-order valence-electron chi connectivity index (χ0n) is 24.3. The number of nitrogens with zero attached hydrogens (tertiary/aromatic N) is 3. The second-order valence-corrected chi connectivity index (χ2v) is 10.4. The number of nitrogens with one attached hydrogen (secondary N) is 3. The van der Waals surface area contributed by atoms with E-state index >= 15 is 0 Å². The van der Waals surface area contributed by atoms with Gasteiger partial charge < -0.3 is 29.4 Å². The number of imidazole rings is 1. The molecular weight excluding hydrogens is 516 g/mol. The van der Waals surface area contributed by atoms with E-state index in [0.717, 1.165) is 6.42 Å². The Balaban J connectivity index is 1.90. The maximum atomic E-state index is 13.2. The standard InChI is InChI=1S/C28H40N6O6/c1-8-11-12-17(23(35)26(36)31-20-15-16-29-33-20)30-27(37)40-24(28(4,5)6)25-32-21-18(38-9-2)13-14-19(39-10-3)22(21)34(25)7/h13-17,24H,8-12H2,1-7H3,(H,30,37)(H2,29,31,33,36)/t17-,24-/m0/s1. The Morgan fingerprint density at radius 3 is 2.33 bits per heavy atom. The maximum Gasteiger partial charge on any atom is 0.408 e. The highest BCUT2D eigenvalue weighted by Gasteiger charge is 2.36. The number of aryl methyl sites for hydroxylation is 1. The van der Waals surface area contributed by atoms with Crippen molar-refractivity contribution in [2.45, 2.75) is 73.0 Å². The number of amides is 2. The lowest BCUT2D eigenvalue weighted by molar-refractivity contribution is -0.136. The number of alkyl carbamates (subject to hydrolysis) is 1. The number of anilines is 1. The summed E-state index contributed by atoms with van der Waals surface area (Å²) in [6, 6.07) is 4.10. The largest absolute Gasteiger partial charge is 0.492 e. The highest BCUT2D eigenvalue weighted by atomic mass is 16.6. The molecule has 0 bridgehead atoms. The molecule has 218 valence electrons. The molecule has 0 aliphatic carbocycles. The molecule has 2 atom stereocenters. The summed E-state index contributed by atoms with van der Waals surface area (Å²) in [6.07, 6.45) is 1.50. The number of ether oxygens (including phenoxy) is 3.